The molecule has 0 aromatic rings. The summed E-state index contributed by atoms with van der Waals surface area (Å²) in [6, 6.07) is -1.86. The summed E-state index contributed by atoms with van der Waals surface area (Å²) in [5.74, 6) is -2.17. The number of hydroxylamine groups is 1. The summed E-state index contributed by atoms with van der Waals surface area (Å²) < 4.78 is 0. The van der Waals surface area contributed by atoms with Crippen molar-refractivity contribution in [3.8, 4) is 0 Å². The van der Waals surface area contributed by atoms with Crippen LogP contribution in [0.25, 0.3) is 0 Å². The van der Waals surface area contributed by atoms with Crippen molar-refractivity contribution in [1.29, 1.82) is 0 Å². The fourth-order valence-corrected chi connectivity index (χ4v) is 2.02. The smallest absolute Gasteiger partial charge is 0.326 e. The molecule has 1 rings (SSSR count). The molecule has 1 aliphatic rings. The highest BCUT2D eigenvalue weighted by atomic mass is 16.5. The van der Waals surface area contributed by atoms with Gasteiger partial charge in [0.2, 0.25) is 11.8 Å². The van der Waals surface area contributed by atoms with Gasteiger partial charge in [0, 0.05) is 13.0 Å². The van der Waals surface area contributed by atoms with Crippen molar-refractivity contribution in [3.05, 3.63) is 0 Å². The van der Waals surface area contributed by atoms with Crippen LogP contribution < -0.4 is 11.2 Å². The molecule has 5 N–H and O–H groups in total. The zero-order valence-corrected chi connectivity index (χ0v) is 9.83. The van der Waals surface area contributed by atoms with E-state index < -0.39 is 29.9 Å². The predicted octanol–water partition coefficient (Wildman–Crippen LogP) is -1.33. The average Bonchev–Trinajstić information content (AvgIpc) is 2.77. The normalized spacial score (nSPS) is 20.7. The summed E-state index contributed by atoms with van der Waals surface area (Å²) in [4.78, 5) is 34.8. The van der Waals surface area contributed by atoms with Crippen molar-refractivity contribution >= 4 is 17.8 Å². The number of hydrogen-bond donors (Lipinski definition) is 4. The Morgan fingerprint density at radius 3 is 2.61 bits per heavy atom. The average molecular weight is 259 g/mol. The molecule has 8 nitrogen and oxygen atoms in total. The topological polar surface area (TPSA) is 133 Å². The minimum atomic E-state index is -1.06. The number of nitrogens with zero attached hydrogens (tertiary/aromatic N) is 1. The van der Waals surface area contributed by atoms with E-state index in [9.17, 15) is 14.4 Å². The summed E-state index contributed by atoms with van der Waals surface area (Å²) in [7, 11) is 0. The maximum absolute atomic E-state index is 12.0. The van der Waals surface area contributed by atoms with Gasteiger partial charge in [-0.25, -0.2) is 4.79 Å². The van der Waals surface area contributed by atoms with Crippen LogP contribution in [0.5, 0.6) is 0 Å². The zero-order chi connectivity index (χ0) is 13.7. The molecule has 1 heterocycles. The summed E-state index contributed by atoms with van der Waals surface area (Å²) in [5.41, 5.74) is 6.76. The molecule has 8 heteroatoms. The molecule has 1 aliphatic heterocycles. The van der Waals surface area contributed by atoms with Crippen molar-refractivity contribution in [2.75, 3.05) is 6.54 Å². The standard InChI is InChI=1S/C10H17N3O5/c11-8(14)4-3-6(12-18)9(15)13-5-1-2-7(13)10(16)17/h6-7,12,18H,1-5H2,(H2,11,14)(H,16,17)/t6-,7-/m0/s1. The van der Waals surface area contributed by atoms with Gasteiger partial charge in [0.1, 0.15) is 12.1 Å². The molecule has 2 atom stereocenters. The second-order valence-corrected chi connectivity index (χ2v) is 4.21. The van der Waals surface area contributed by atoms with Gasteiger partial charge in [0.25, 0.3) is 0 Å². The molecular weight excluding hydrogens is 242 g/mol. The molecule has 1 saturated heterocycles. The molecule has 102 valence electrons. The highest BCUT2D eigenvalue weighted by molar-refractivity contribution is 5.88. The maximum Gasteiger partial charge on any atom is 0.326 e. The van der Waals surface area contributed by atoms with Gasteiger partial charge in [-0.2, -0.15) is 5.48 Å². The minimum absolute atomic E-state index is 0.0352. The molecule has 2 amide bonds. The van der Waals surface area contributed by atoms with Crippen LogP contribution in [0.3, 0.4) is 0 Å². The molecule has 0 aliphatic carbocycles. The quantitative estimate of drug-likeness (QED) is 0.437. The third-order valence-corrected chi connectivity index (χ3v) is 2.95. The molecule has 0 bridgehead atoms. The van der Waals surface area contributed by atoms with E-state index in [1.165, 1.54) is 4.90 Å². The van der Waals surface area contributed by atoms with E-state index in [1.54, 1.807) is 5.48 Å². The number of likely N-dealkylation sites (tertiary alicyclic amines) is 1. The summed E-state index contributed by atoms with van der Waals surface area (Å²) in [6.07, 6.45) is 0.981. The van der Waals surface area contributed by atoms with Gasteiger partial charge in [0.05, 0.1) is 0 Å². The van der Waals surface area contributed by atoms with E-state index >= 15 is 0 Å². The Balaban J connectivity index is 2.65. The number of hydrogen-bond acceptors (Lipinski definition) is 5. The predicted molar refractivity (Wildman–Crippen MR) is 59.5 cm³/mol. The lowest BCUT2D eigenvalue weighted by atomic mass is 10.1. The van der Waals surface area contributed by atoms with E-state index in [-0.39, 0.29) is 12.8 Å². The van der Waals surface area contributed by atoms with Crippen LogP contribution >= 0.6 is 0 Å². The third-order valence-electron chi connectivity index (χ3n) is 2.95. The van der Waals surface area contributed by atoms with Gasteiger partial charge in [-0.05, 0) is 19.3 Å². The number of amides is 2. The van der Waals surface area contributed by atoms with E-state index in [0.29, 0.717) is 19.4 Å². The van der Waals surface area contributed by atoms with Gasteiger partial charge in [-0.15, -0.1) is 0 Å². The molecule has 0 saturated carbocycles. The van der Waals surface area contributed by atoms with Crippen molar-refractivity contribution in [3.63, 3.8) is 0 Å². The number of carboxylic acids is 1. The Kier molecular flexibility index (Phi) is 5.05. The second-order valence-electron chi connectivity index (χ2n) is 4.21. The molecule has 18 heavy (non-hydrogen) atoms. The number of nitrogens with two attached hydrogens (primary N) is 1. The van der Waals surface area contributed by atoms with Crippen molar-refractivity contribution in [2.24, 2.45) is 5.73 Å². The lowest BCUT2D eigenvalue weighted by Crippen LogP contribution is -2.49. The van der Waals surface area contributed by atoms with Crippen LogP contribution in [0, 0.1) is 0 Å². The summed E-state index contributed by atoms with van der Waals surface area (Å²) in [6.45, 7) is 0.338. The number of primary amides is 1. The molecule has 0 aromatic carbocycles. The maximum atomic E-state index is 12.0. The Morgan fingerprint density at radius 2 is 2.11 bits per heavy atom. The van der Waals surface area contributed by atoms with E-state index in [0.717, 1.165) is 0 Å². The van der Waals surface area contributed by atoms with Crippen LogP contribution in [0.1, 0.15) is 25.7 Å². The van der Waals surface area contributed by atoms with Gasteiger partial charge in [-0.1, -0.05) is 0 Å². The number of aliphatic carboxylic acids is 1. The van der Waals surface area contributed by atoms with Crippen LogP contribution in [0.4, 0.5) is 0 Å². The highest BCUT2D eigenvalue weighted by Gasteiger charge is 2.36. The number of carboxylic acid groups (broad SMARTS) is 1. The first-order chi connectivity index (χ1) is 8.47. The number of carbonyl (C=O) groups is 3. The lowest BCUT2D eigenvalue weighted by molar-refractivity contribution is -0.150. The molecule has 0 spiro atoms. The number of rotatable bonds is 6. The fourth-order valence-electron chi connectivity index (χ4n) is 2.02. The number of nitrogens with one attached hydrogen (secondary N) is 1. The Morgan fingerprint density at radius 1 is 1.44 bits per heavy atom. The molecular formula is C10H17N3O5. The summed E-state index contributed by atoms with van der Waals surface area (Å²) >= 11 is 0. The molecule has 0 unspecified atom stereocenters. The summed E-state index contributed by atoms with van der Waals surface area (Å²) in [5, 5.41) is 17.9. The van der Waals surface area contributed by atoms with Crippen molar-refractivity contribution in [1.82, 2.24) is 10.4 Å². The molecule has 0 radical (unpaired) electrons. The van der Waals surface area contributed by atoms with Gasteiger partial charge in [0.15, 0.2) is 0 Å². The van der Waals surface area contributed by atoms with Crippen molar-refractivity contribution < 1.29 is 24.7 Å². The second kappa shape index (κ2) is 6.31. The monoisotopic (exact) mass is 259 g/mol. The van der Waals surface area contributed by atoms with E-state index in [1.807, 2.05) is 0 Å². The lowest BCUT2D eigenvalue weighted by Gasteiger charge is -2.25. The first kappa shape index (κ1) is 14.4. The highest BCUT2D eigenvalue weighted by Crippen LogP contribution is 2.19. The van der Waals surface area contributed by atoms with Gasteiger partial charge >= 0.3 is 5.97 Å². The molecule has 1 fully saturated rings. The van der Waals surface area contributed by atoms with Gasteiger partial charge in [-0.3, -0.25) is 9.59 Å². The van der Waals surface area contributed by atoms with E-state index in [2.05, 4.69) is 0 Å². The van der Waals surface area contributed by atoms with Crippen LogP contribution in [0.2, 0.25) is 0 Å². The number of carbonyl (C=O) groups excluding carboxylic acids is 2. The van der Waals surface area contributed by atoms with Crippen LogP contribution in [-0.4, -0.2) is 51.6 Å². The first-order valence-electron chi connectivity index (χ1n) is 5.68. The third kappa shape index (κ3) is 3.41. The van der Waals surface area contributed by atoms with Crippen LogP contribution in [0.15, 0.2) is 0 Å². The first-order valence-corrected chi connectivity index (χ1v) is 5.68. The van der Waals surface area contributed by atoms with E-state index in [4.69, 9.17) is 16.0 Å². The zero-order valence-electron chi connectivity index (χ0n) is 9.83. The van der Waals surface area contributed by atoms with Crippen molar-refractivity contribution in [2.45, 2.75) is 37.8 Å². The Hall–Kier alpha value is -1.67. The molecule has 0 aromatic heterocycles. The minimum Gasteiger partial charge on any atom is -0.480 e. The van der Waals surface area contributed by atoms with Crippen LogP contribution in [-0.2, 0) is 14.4 Å². The SMILES string of the molecule is NC(=O)CC[C@H](NO)C(=O)N1CCC[C@H]1C(=O)O. The largest absolute Gasteiger partial charge is 0.480 e. The Bertz CT molecular complexity index is 346. The fraction of sp³-hybridized carbons (Fsp3) is 0.700. The Labute approximate surface area is 104 Å². The van der Waals surface area contributed by atoms with Gasteiger partial charge < -0.3 is 20.9 Å².